The lowest BCUT2D eigenvalue weighted by Gasteiger charge is -2.21. The van der Waals surface area contributed by atoms with Gasteiger partial charge in [0, 0.05) is 23.4 Å². The van der Waals surface area contributed by atoms with Gasteiger partial charge in [-0.15, -0.1) is 0 Å². The van der Waals surface area contributed by atoms with Crippen molar-refractivity contribution < 1.29 is 0 Å². The molecule has 3 nitrogen and oxygen atoms in total. The van der Waals surface area contributed by atoms with Crippen molar-refractivity contribution in [1.29, 1.82) is 0 Å². The van der Waals surface area contributed by atoms with Gasteiger partial charge in [-0.05, 0) is 44.1 Å². The smallest absolute Gasteiger partial charge is 0.137 e. The van der Waals surface area contributed by atoms with Crippen LogP contribution in [-0.4, -0.2) is 23.1 Å². The van der Waals surface area contributed by atoms with Gasteiger partial charge in [0.15, 0.2) is 0 Å². The Balaban J connectivity index is 1.85. The van der Waals surface area contributed by atoms with Gasteiger partial charge < -0.3 is 10.3 Å². The van der Waals surface area contributed by atoms with E-state index >= 15 is 0 Å². The fourth-order valence-corrected chi connectivity index (χ4v) is 2.76. The van der Waals surface area contributed by atoms with Crippen LogP contribution in [0, 0.1) is 0 Å². The highest BCUT2D eigenvalue weighted by Crippen LogP contribution is 2.29. The van der Waals surface area contributed by atoms with Gasteiger partial charge in [0.1, 0.15) is 5.82 Å². The SMILES string of the molecule is Clc1ccc(-c2ncc(C3CCNCC3)[nH]2)cc1Cl. The Bertz CT molecular complexity index is 574. The molecule has 0 bridgehead atoms. The molecule has 0 spiro atoms. The number of piperidine rings is 1. The number of benzene rings is 1. The molecule has 5 heteroatoms. The highest BCUT2D eigenvalue weighted by atomic mass is 35.5. The monoisotopic (exact) mass is 295 g/mol. The van der Waals surface area contributed by atoms with E-state index in [-0.39, 0.29) is 0 Å². The molecule has 2 aromatic rings. The summed E-state index contributed by atoms with van der Waals surface area (Å²) in [6.07, 6.45) is 4.25. The molecule has 0 aliphatic carbocycles. The van der Waals surface area contributed by atoms with Gasteiger partial charge in [0.25, 0.3) is 0 Å². The molecule has 1 saturated heterocycles. The molecule has 1 fully saturated rings. The molecule has 0 radical (unpaired) electrons. The second-order valence-electron chi connectivity index (χ2n) is 4.84. The third-order valence-corrected chi connectivity index (χ3v) is 4.31. The number of nitrogens with zero attached hydrogens (tertiary/aromatic N) is 1. The largest absolute Gasteiger partial charge is 0.342 e. The first-order chi connectivity index (χ1) is 9.24. The molecule has 1 aliphatic heterocycles. The average Bonchev–Trinajstić information content (AvgIpc) is 2.93. The van der Waals surface area contributed by atoms with Crippen LogP contribution in [0.4, 0.5) is 0 Å². The first-order valence-corrected chi connectivity index (χ1v) is 7.20. The molecule has 0 atom stereocenters. The molecule has 1 aliphatic rings. The zero-order chi connectivity index (χ0) is 13.2. The summed E-state index contributed by atoms with van der Waals surface area (Å²) < 4.78 is 0. The number of aromatic nitrogens is 2. The Morgan fingerprint density at radius 3 is 2.63 bits per heavy atom. The maximum Gasteiger partial charge on any atom is 0.137 e. The van der Waals surface area contributed by atoms with Crippen molar-refractivity contribution in [2.24, 2.45) is 0 Å². The van der Waals surface area contributed by atoms with Crippen molar-refractivity contribution in [2.75, 3.05) is 13.1 Å². The third kappa shape index (κ3) is 2.78. The van der Waals surface area contributed by atoms with E-state index in [0.29, 0.717) is 16.0 Å². The van der Waals surface area contributed by atoms with E-state index in [9.17, 15) is 0 Å². The summed E-state index contributed by atoms with van der Waals surface area (Å²) in [5, 5.41) is 4.49. The third-order valence-electron chi connectivity index (χ3n) is 3.57. The topological polar surface area (TPSA) is 40.7 Å². The molecule has 19 heavy (non-hydrogen) atoms. The fourth-order valence-electron chi connectivity index (χ4n) is 2.47. The lowest BCUT2D eigenvalue weighted by atomic mass is 9.95. The van der Waals surface area contributed by atoms with E-state index in [1.54, 1.807) is 6.07 Å². The first-order valence-electron chi connectivity index (χ1n) is 6.45. The highest BCUT2D eigenvalue weighted by Gasteiger charge is 2.17. The average molecular weight is 296 g/mol. The number of H-pyrrole nitrogens is 1. The molecule has 100 valence electrons. The van der Waals surface area contributed by atoms with E-state index in [2.05, 4.69) is 15.3 Å². The van der Waals surface area contributed by atoms with Crippen LogP contribution < -0.4 is 5.32 Å². The maximum atomic E-state index is 6.04. The molecule has 2 N–H and O–H groups in total. The van der Waals surface area contributed by atoms with Crippen LogP contribution in [0.1, 0.15) is 24.5 Å². The summed E-state index contributed by atoms with van der Waals surface area (Å²) in [6, 6.07) is 5.57. The minimum absolute atomic E-state index is 0.555. The Hall–Kier alpha value is -1.03. The molecule has 0 unspecified atom stereocenters. The standard InChI is InChI=1S/C14H15Cl2N3/c15-11-2-1-10(7-12(11)16)14-18-8-13(19-14)9-3-5-17-6-4-9/h1-2,7-9,17H,3-6H2,(H,18,19). The summed E-state index contributed by atoms with van der Waals surface area (Å²) in [4.78, 5) is 7.86. The lowest BCUT2D eigenvalue weighted by molar-refractivity contribution is 0.454. The second-order valence-corrected chi connectivity index (χ2v) is 5.65. The lowest BCUT2D eigenvalue weighted by Crippen LogP contribution is -2.26. The molecular formula is C14H15Cl2N3. The zero-order valence-electron chi connectivity index (χ0n) is 10.4. The fraction of sp³-hybridized carbons (Fsp3) is 0.357. The molecule has 1 aromatic heterocycles. The number of hydrogen-bond acceptors (Lipinski definition) is 2. The van der Waals surface area contributed by atoms with Crippen LogP contribution in [0.2, 0.25) is 10.0 Å². The van der Waals surface area contributed by atoms with Crippen molar-refractivity contribution in [3.8, 4) is 11.4 Å². The summed E-state index contributed by atoms with van der Waals surface area (Å²) >= 11 is 12.0. The highest BCUT2D eigenvalue weighted by molar-refractivity contribution is 6.42. The van der Waals surface area contributed by atoms with Crippen LogP contribution in [0.15, 0.2) is 24.4 Å². The predicted molar refractivity (Wildman–Crippen MR) is 78.9 cm³/mol. The zero-order valence-corrected chi connectivity index (χ0v) is 11.9. The van der Waals surface area contributed by atoms with Crippen LogP contribution in [-0.2, 0) is 0 Å². The Kier molecular flexibility index (Phi) is 3.78. The summed E-state index contributed by atoms with van der Waals surface area (Å²) in [7, 11) is 0. The van der Waals surface area contributed by atoms with Crippen LogP contribution in [0.25, 0.3) is 11.4 Å². The summed E-state index contributed by atoms with van der Waals surface area (Å²) in [6.45, 7) is 2.15. The normalized spacial score (nSPS) is 16.7. The molecule has 2 heterocycles. The number of rotatable bonds is 2. The van der Waals surface area contributed by atoms with E-state index in [4.69, 9.17) is 23.2 Å². The number of aromatic amines is 1. The minimum atomic E-state index is 0.555. The van der Waals surface area contributed by atoms with Gasteiger partial charge in [-0.25, -0.2) is 4.98 Å². The van der Waals surface area contributed by atoms with E-state index < -0.39 is 0 Å². The number of nitrogens with one attached hydrogen (secondary N) is 2. The molecule has 3 rings (SSSR count). The predicted octanol–water partition coefficient (Wildman–Crippen LogP) is 3.85. The van der Waals surface area contributed by atoms with Gasteiger partial charge in [0.2, 0.25) is 0 Å². The summed E-state index contributed by atoms with van der Waals surface area (Å²) in [5.74, 6) is 1.43. The van der Waals surface area contributed by atoms with Crippen LogP contribution in [0.3, 0.4) is 0 Å². The Morgan fingerprint density at radius 2 is 1.89 bits per heavy atom. The van der Waals surface area contributed by atoms with Crippen molar-refractivity contribution >= 4 is 23.2 Å². The van der Waals surface area contributed by atoms with Gasteiger partial charge in [0.05, 0.1) is 10.0 Å². The van der Waals surface area contributed by atoms with Crippen molar-refractivity contribution in [1.82, 2.24) is 15.3 Å². The molecule has 0 amide bonds. The summed E-state index contributed by atoms with van der Waals surface area (Å²) in [5.41, 5.74) is 2.18. The first kappa shape index (κ1) is 13.0. The van der Waals surface area contributed by atoms with Crippen LogP contribution >= 0.6 is 23.2 Å². The van der Waals surface area contributed by atoms with Crippen molar-refractivity contribution in [3.63, 3.8) is 0 Å². The maximum absolute atomic E-state index is 6.04. The Morgan fingerprint density at radius 1 is 1.11 bits per heavy atom. The van der Waals surface area contributed by atoms with E-state index in [0.717, 1.165) is 37.3 Å². The number of halogens is 2. The van der Waals surface area contributed by atoms with E-state index in [1.807, 2.05) is 18.3 Å². The molecular weight excluding hydrogens is 281 g/mol. The van der Waals surface area contributed by atoms with Crippen molar-refractivity contribution in [2.45, 2.75) is 18.8 Å². The number of imidazole rings is 1. The minimum Gasteiger partial charge on any atom is -0.342 e. The molecule has 0 saturated carbocycles. The molecule has 1 aromatic carbocycles. The van der Waals surface area contributed by atoms with Crippen LogP contribution in [0.5, 0.6) is 0 Å². The van der Waals surface area contributed by atoms with Gasteiger partial charge in [-0.2, -0.15) is 0 Å². The van der Waals surface area contributed by atoms with Gasteiger partial charge in [-0.1, -0.05) is 23.2 Å². The quantitative estimate of drug-likeness (QED) is 0.883. The van der Waals surface area contributed by atoms with Gasteiger partial charge in [-0.3, -0.25) is 0 Å². The number of hydrogen-bond donors (Lipinski definition) is 2. The Labute approximate surface area is 122 Å². The van der Waals surface area contributed by atoms with E-state index in [1.165, 1.54) is 5.69 Å². The van der Waals surface area contributed by atoms with Crippen molar-refractivity contribution in [3.05, 3.63) is 40.1 Å². The van der Waals surface area contributed by atoms with Gasteiger partial charge >= 0.3 is 0 Å². The second kappa shape index (κ2) is 5.53.